The molecule has 0 aromatic rings. The van der Waals surface area contributed by atoms with Gasteiger partial charge in [0.25, 0.3) is 0 Å². The fourth-order valence-electron chi connectivity index (χ4n) is 4.02. The fraction of sp³-hybridized carbons (Fsp3) is 0.944. The SMILES string of the molecule is CCNC(=NCC1(O)CCCCC1)NC1CN(C2CC2)CC1C.I. The van der Waals surface area contributed by atoms with Gasteiger partial charge in [-0.15, -0.1) is 24.0 Å². The summed E-state index contributed by atoms with van der Waals surface area (Å²) >= 11 is 0. The highest BCUT2D eigenvalue weighted by atomic mass is 127. The molecule has 24 heavy (non-hydrogen) atoms. The number of aliphatic imine (C=N–C) groups is 1. The van der Waals surface area contributed by atoms with E-state index in [9.17, 15) is 5.11 Å². The lowest BCUT2D eigenvalue weighted by Crippen LogP contribution is -2.47. The minimum Gasteiger partial charge on any atom is -0.388 e. The second-order valence-electron chi connectivity index (χ2n) is 7.89. The van der Waals surface area contributed by atoms with Crippen molar-refractivity contribution in [1.82, 2.24) is 15.5 Å². The van der Waals surface area contributed by atoms with E-state index in [0.29, 0.717) is 18.5 Å². The molecular formula is C18H35IN4O. The molecule has 0 aromatic carbocycles. The highest BCUT2D eigenvalue weighted by Gasteiger charge is 2.38. The molecule has 3 aliphatic rings. The van der Waals surface area contributed by atoms with Gasteiger partial charge in [0.2, 0.25) is 0 Å². The molecule has 2 atom stereocenters. The molecular weight excluding hydrogens is 415 g/mol. The molecule has 0 bridgehead atoms. The van der Waals surface area contributed by atoms with Gasteiger partial charge < -0.3 is 15.7 Å². The third-order valence-electron chi connectivity index (χ3n) is 5.69. The summed E-state index contributed by atoms with van der Waals surface area (Å²) in [5.41, 5.74) is -0.581. The lowest BCUT2D eigenvalue weighted by Gasteiger charge is -2.31. The van der Waals surface area contributed by atoms with Crippen LogP contribution in [0.5, 0.6) is 0 Å². The zero-order chi connectivity index (χ0) is 16.3. The van der Waals surface area contributed by atoms with Crippen molar-refractivity contribution in [2.45, 2.75) is 76.5 Å². The Hall–Kier alpha value is -0.0800. The van der Waals surface area contributed by atoms with Crippen LogP contribution >= 0.6 is 24.0 Å². The van der Waals surface area contributed by atoms with Crippen LogP contribution in [0.1, 0.15) is 58.8 Å². The molecule has 140 valence electrons. The molecule has 1 aliphatic heterocycles. The smallest absolute Gasteiger partial charge is 0.191 e. The molecule has 3 rings (SSSR count). The zero-order valence-corrected chi connectivity index (χ0v) is 17.6. The molecule has 3 N–H and O–H groups in total. The minimum atomic E-state index is -0.581. The second-order valence-corrected chi connectivity index (χ2v) is 7.89. The summed E-state index contributed by atoms with van der Waals surface area (Å²) in [5, 5.41) is 17.6. The van der Waals surface area contributed by atoms with Gasteiger partial charge >= 0.3 is 0 Å². The van der Waals surface area contributed by atoms with Crippen molar-refractivity contribution in [3.63, 3.8) is 0 Å². The zero-order valence-electron chi connectivity index (χ0n) is 15.3. The van der Waals surface area contributed by atoms with Gasteiger partial charge in [0.1, 0.15) is 0 Å². The number of hydrogen-bond acceptors (Lipinski definition) is 3. The summed E-state index contributed by atoms with van der Waals surface area (Å²) in [6, 6.07) is 1.31. The van der Waals surface area contributed by atoms with Gasteiger partial charge in [-0.2, -0.15) is 0 Å². The number of nitrogens with one attached hydrogen (secondary N) is 2. The van der Waals surface area contributed by atoms with Gasteiger partial charge in [-0.25, -0.2) is 0 Å². The quantitative estimate of drug-likeness (QED) is 0.342. The van der Waals surface area contributed by atoms with Crippen molar-refractivity contribution in [1.29, 1.82) is 0 Å². The Morgan fingerprint density at radius 3 is 2.54 bits per heavy atom. The van der Waals surface area contributed by atoms with Crippen molar-refractivity contribution in [2.24, 2.45) is 10.9 Å². The van der Waals surface area contributed by atoms with Gasteiger partial charge in [0.15, 0.2) is 5.96 Å². The van der Waals surface area contributed by atoms with Crippen LogP contribution in [-0.2, 0) is 0 Å². The van der Waals surface area contributed by atoms with Gasteiger partial charge in [-0.1, -0.05) is 26.2 Å². The molecule has 6 heteroatoms. The number of rotatable bonds is 5. The van der Waals surface area contributed by atoms with Crippen LogP contribution < -0.4 is 10.6 Å². The van der Waals surface area contributed by atoms with Crippen molar-refractivity contribution < 1.29 is 5.11 Å². The minimum absolute atomic E-state index is 0. The van der Waals surface area contributed by atoms with E-state index in [1.165, 1.54) is 25.8 Å². The highest BCUT2D eigenvalue weighted by molar-refractivity contribution is 14.0. The van der Waals surface area contributed by atoms with Crippen LogP contribution in [0.3, 0.4) is 0 Å². The first-order valence-corrected chi connectivity index (χ1v) is 9.61. The molecule has 2 aliphatic carbocycles. The Bertz CT molecular complexity index is 421. The maximum Gasteiger partial charge on any atom is 0.191 e. The summed E-state index contributed by atoms with van der Waals surface area (Å²) in [5.74, 6) is 1.53. The third-order valence-corrected chi connectivity index (χ3v) is 5.69. The van der Waals surface area contributed by atoms with Crippen LogP contribution in [0, 0.1) is 5.92 Å². The molecule has 0 spiro atoms. The first-order chi connectivity index (χ1) is 11.1. The normalized spacial score (nSPS) is 30.7. The van der Waals surface area contributed by atoms with Gasteiger partial charge in [0.05, 0.1) is 12.1 Å². The molecule has 2 saturated carbocycles. The molecule has 1 saturated heterocycles. The standard InChI is InChI=1S/C18H34N4O.HI/c1-3-19-17(20-13-18(23)9-5-4-6-10-18)21-16-12-22(11-14(16)2)15-7-8-15;/h14-16,23H,3-13H2,1-2H3,(H2,19,20,21);1H. The largest absolute Gasteiger partial charge is 0.388 e. The molecule has 0 radical (unpaired) electrons. The molecule has 0 amide bonds. The topological polar surface area (TPSA) is 59.9 Å². The Kier molecular flexibility index (Phi) is 7.61. The van der Waals surface area contributed by atoms with E-state index in [1.54, 1.807) is 0 Å². The van der Waals surface area contributed by atoms with E-state index in [1.807, 2.05) is 0 Å². The van der Waals surface area contributed by atoms with Crippen LogP contribution in [0.2, 0.25) is 0 Å². The third kappa shape index (κ3) is 5.46. The maximum atomic E-state index is 10.7. The Morgan fingerprint density at radius 2 is 1.92 bits per heavy atom. The summed E-state index contributed by atoms with van der Waals surface area (Å²) in [4.78, 5) is 7.34. The maximum absolute atomic E-state index is 10.7. The molecule has 3 fully saturated rings. The number of hydrogen-bond donors (Lipinski definition) is 3. The highest BCUT2D eigenvalue weighted by Crippen LogP contribution is 2.32. The predicted octanol–water partition coefficient (Wildman–Crippen LogP) is 2.34. The van der Waals surface area contributed by atoms with Gasteiger partial charge in [-0.05, 0) is 38.5 Å². The lowest BCUT2D eigenvalue weighted by molar-refractivity contribution is 0.0131. The predicted molar refractivity (Wildman–Crippen MR) is 110 cm³/mol. The monoisotopic (exact) mass is 450 g/mol. The van der Waals surface area contributed by atoms with E-state index in [0.717, 1.165) is 50.8 Å². The molecule has 1 heterocycles. The number of likely N-dealkylation sites (tertiary alicyclic amines) is 1. The van der Waals surface area contributed by atoms with E-state index in [2.05, 4.69) is 29.4 Å². The van der Waals surface area contributed by atoms with Crippen molar-refractivity contribution in [3.05, 3.63) is 0 Å². The van der Waals surface area contributed by atoms with E-state index >= 15 is 0 Å². The van der Waals surface area contributed by atoms with Crippen LogP contribution in [-0.4, -0.2) is 59.8 Å². The van der Waals surface area contributed by atoms with E-state index in [4.69, 9.17) is 4.99 Å². The van der Waals surface area contributed by atoms with Crippen molar-refractivity contribution in [3.8, 4) is 0 Å². The number of guanidine groups is 1. The first-order valence-electron chi connectivity index (χ1n) is 9.61. The summed E-state index contributed by atoms with van der Waals surface area (Å²) in [6.45, 7) is 8.14. The lowest BCUT2D eigenvalue weighted by atomic mass is 9.85. The fourth-order valence-corrected chi connectivity index (χ4v) is 4.02. The summed E-state index contributed by atoms with van der Waals surface area (Å²) < 4.78 is 0. The van der Waals surface area contributed by atoms with E-state index < -0.39 is 5.60 Å². The Labute approximate surface area is 164 Å². The summed E-state index contributed by atoms with van der Waals surface area (Å²) in [7, 11) is 0. The number of aliphatic hydroxyl groups is 1. The van der Waals surface area contributed by atoms with Crippen LogP contribution in [0.4, 0.5) is 0 Å². The van der Waals surface area contributed by atoms with Crippen molar-refractivity contribution in [2.75, 3.05) is 26.2 Å². The van der Waals surface area contributed by atoms with Gasteiger partial charge in [-0.3, -0.25) is 9.89 Å². The Balaban J connectivity index is 0.00000208. The molecule has 0 aromatic heterocycles. The number of nitrogens with zero attached hydrogens (tertiary/aromatic N) is 2. The average Bonchev–Trinajstić information content (AvgIpc) is 3.31. The van der Waals surface area contributed by atoms with Crippen molar-refractivity contribution >= 4 is 29.9 Å². The average molecular weight is 450 g/mol. The number of halogens is 1. The van der Waals surface area contributed by atoms with Crippen LogP contribution in [0.25, 0.3) is 0 Å². The Morgan fingerprint density at radius 1 is 1.21 bits per heavy atom. The molecule has 2 unspecified atom stereocenters. The summed E-state index contributed by atoms with van der Waals surface area (Å²) in [6.07, 6.45) is 8.05. The first kappa shape index (κ1) is 20.2. The molecule has 5 nitrogen and oxygen atoms in total. The van der Waals surface area contributed by atoms with Gasteiger partial charge in [0, 0.05) is 31.7 Å². The van der Waals surface area contributed by atoms with Crippen LogP contribution in [0.15, 0.2) is 4.99 Å². The van der Waals surface area contributed by atoms with E-state index in [-0.39, 0.29) is 24.0 Å². The second kappa shape index (κ2) is 9.03.